The van der Waals surface area contributed by atoms with Gasteiger partial charge in [-0.3, -0.25) is 4.79 Å². The summed E-state index contributed by atoms with van der Waals surface area (Å²) in [7, 11) is 0. The summed E-state index contributed by atoms with van der Waals surface area (Å²) in [5.41, 5.74) is 2.42. The first kappa shape index (κ1) is 21.0. The molecule has 0 aromatic heterocycles. The van der Waals surface area contributed by atoms with E-state index in [1.807, 2.05) is 31.2 Å². The number of nitrogens with one attached hydrogen (secondary N) is 1. The zero-order chi connectivity index (χ0) is 20.9. The normalized spacial score (nSPS) is 15.7. The van der Waals surface area contributed by atoms with Crippen LogP contribution in [0.25, 0.3) is 0 Å². The molecule has 1 fully saturated rings. The molecule has 1 aliphatic rings. The van der Waals surface area contributed by atoms with Crippen molar-refractivity contribution in [1.82, 2.24) is 5.32 Å². The van der Waals surface area contributed by atoms with Crippen LogP contribution in [-0.4, -0.2) is 45.0 Å². The van der Waals surface area contributed by atoms with E-state index in [0.717, 1.165) is 24.3 Å². The van der Waals surface area contributed by atoms with Gasteiger partial charge < -0.3 is 19.7 Å². The van der Waals surface area contributed by atoms with Crippen molar-refractivity contribution >= 4 is 11.6 Å². The predicted octanol–water partition coefficient (Wildman–Crippen LogP) is 3.96. The van der Waals surface area contributed by atoms with E-state index in [0.29, 0.717) is 18.8 Å². The molecule has 8 heteroatoms. The number of anilines is 1. The molecule has 5 nitrogen and oxygen atoms in total. The molecule has 1 atom stereocenters. The number of alkyl halides is 3. The molecule has 3 rings (SSSR count). The second kappa shape index (κ2) is 9.17. The summed E-state index contributed by atoms with van der Waals surface area (Å²) in [6.07, 6.45) is -4.40. The molecule has 1 amide bonds. The van der Waals surface area contributed by atoms with Crippen molar-refractivity contribution in [1.29, 1.82) is 0 Å². The van der Waals surface area contributed by atoms with E-state index < -0.39 is 12.8 Å². The second-order valence-corrected chi connectivity index (χ2v) is 6.81. The quantitative estimate of drug-likeness (QED) is 0.786. The average molecular weight is 408 g/mol. The van der Waals surface area contributed by atoms with Gasteiger partial charge in [0, 0.05) is 24.3 Å². The summed E-state index contributed by atoms with van der Waals surface area (Å²) in [5, 5.41) is 2.89. The van der Waals surface area contributed by atoms with Crippen LogP contribution in [0.3, 0.4) is 0 Å². The zero-order valence-corrected chi connectivity index (χ0v) is 16.0. The maximum Gasteiger partial charge on any atom is 0.422 e. The van der Waals surface area contributed by atoms with Crippen LogP contribution in [0.15, 0.2) is 48.5 Å². The highest BCUT2D eigenvalue weighted by molar-refractivity contribution is 5.94. The van der Waals surface area contributed by atoms with E-state index >= 15 is 0 Å². The van der Waals surface area contributed by atoms with Crippen molar-refractivity contribution in [3.8, 4) is 5.75 Å². The number of benzene rings is 2. The van der Waals surface area contributed by atoms with E-state index in [-0.39, 0.29) is 17.7 Å². The van der Waals surface area contributed by atoms with E-state index in [2.05, 4.69) is 15.0 Å². The molecule has 1 unspecified atom stereocenters. The number of morpholine rings is 1. The Labute approximate surface area is 167 Å². The number of halogens is 3. The first-order valence-electron chi connectivity index (χ1n) is 9.35. The number of hydrogen-bond donors (Lipinski definition) is 1. The van der Waals surface area contributed by atoms with Gasteiger partial charge in [0.15, 0.2) is 6.61 Å². The van der Waals surface area contributed by atoms with Crippen LogP contribution in [0.2, 0.25) is 0 Å². The van der Waals surface area contributed by atoms with Crippen LogP contribution in [0.1, 0.15) is 28.9 Å². The summed E-state index contributed by atoms with van der Waals surface area (Å²) in [4.78, 5) is 14.7. The molecular formula is C21H23F3N2O3. The van der Waals surface area contributed by atoms with E-state index in [9.17, 15) is 18.0 Å². The lowest BCUT2D eigenvalue weighted by molar-refractivity contribution is -0.153. The molecule has 0 radical (unpaired) electrons. The maximum absolute atomic E-state index is 12.4. The number of amides is 1. The van der Waals surface area contributed by atoms with Crippen LogP contribution >= 0.6 is 0 Å². The Hall–Kier alpha value is -2.74. The highest BCUT2D eigenvalue weighted by Crippen LogP contribution is 2.22. The second-order valence-electron chi connectivity index (χ2n) is 6.81. The van der Waals surface area contributed by atoms with Crippen molar-refractivity contribution in [3.05, 3.63) is 59.7 Å². The molecule has 1 heterocycles. The minimum Gasteiger partial charge on any atom is -0.484 e. The zero-order valence-electron chi connectivity index (χ0n) is 16.0. The van der Waals surface area contributed by atoms with Gasteiger partial charge in [-0.15, -0.1) is 0 Å². The van der Waals surface area contributed by atoms with E-state index in [1.165, 1.54) is 24.3 Å². The Morgan fingerprint density at radius 1 is 1.10 bits per heavy atom. The molecule has 156 valence electrons. The molecule has 29 heavy (non-hydrogen) atoms. The molecule has 0 saturated carbocycles. The smallest absolute Gasteiger partial charge is 0.422 e. The van der Waals surface area contributed by atoms with Crippen LogP contribution in [0.4, 0.5) is 18.9 Å². The molecule has 0 spiro atoms. The average Bonchev–Trinajstić information content (AvgIpc) is 2.73. The topological polar surface area (TPSA) is 50.8 Å². The van der Waals surface area contributed by atoms with Gasteiger partial charge in [0.05, 0.1) is 19.3 Å². The van der Waals surface area contributed by atoms with Crippen molar-refractivity contribution < 1.29 is 27.4 Å². The highest BCUT2D eigenvalue weighted by atomic mass is 19.4. The fourth-order valence-corrected chi connectivity index (χ4v) is 3.03. The number of hydrogen-bond acceptors (Lipinski definition) is 4. The highest BCUT2D eigenvalue weighted by Gasteiger charge is 2.28. The molecule has 2 aromatic rings. The monoisotopic (exact) mass is 408 g/mol. The molecule has 1 saturated heterocycles. The third kappa shape index (κ3) is 6.12. The van der Waals surface area contributed by atoms with Gasteiger partial charge in [-0.25, -0.2) is 0 Å². The van der Waals surface area contributed by atoms with Crippen molar-refractivity contribution in [2.24, 2.45) is 0 Å². The number of nitrogens with zero attached hydrogens (tertiary/aromatic N) is 1. The summed E-state index contributed by atoms with van der Waals surface area (Å²) in [6.45, 7) is 3.66. The predicted molar refractivity (Wildman–Crippen MR) is 103 cm³/mol. The minimum absolute atomic E-state index is 0.0608. The first-order valence-corrected chi connectivity index (χ1v) is 9.35. The van der Waals surface area contributed by atoms with Crippen molar-refractivity contribution in [3.63, 3.8) is 0 Å². The number of carbonyl (C=O) groups excluding carboxylic acids is 1. The molecule has 2 aromatic carbocycles. The number of ether oxygens (including phenoxy) is 2. The SMILES string of the molecule is CC(NC(=O)c1ccc(OCC(F)(F)F)cc1)c1ccc(N2CCOCC2)cc1. The van der Waals surface area contributed by atoms with Crippen LogP contribution in [0, 0.1) is 0 Å². The third-order valence-electron chi connectivity index (χ3n) is 4.64. The standard InChI is InChI=1S/C21H23F3N2O3/c1-15(16-2-6-18(7-3-16)26-10-12-28-13-11-26)25-20(27)17-4-8-19(9-5-17)29-14-21(22,23)24/h2-9,15H,10-14H2,1H3,(H,25,27). The molecule has 0 bridgehead atoms. The fraction of sp³-hybridized carbons (Fsp3) is 0.381. The Kier molecular flexibility index (Phi) is 6.64. The summed E-state index contributed by atoms with van der Waals surface area (Å²) in [5.74, 6) is -0.247. The van der Waals surface area contributed by atoms with Gasteiger partial charge in [-0.05, 0) is 48.9 Å². The van der Waals surface area contributed by atoms with Crippen LogP contribution in [-0.2, 0) is 4.74 Å². The fourth-order valence-electron chi connectivity index (χ4n) is 3.03. The Morgan fingerprint density at radius 3 is 2.31 bits per heavy atom. The first-order chi connectivity index (χ1) is 13.8. The van der Waals surface area contributed by atoms with Crippen molar-refractivity contribution in [2.45, 2.75) is 19.1 Å². The van der Waals surface area contributed by atoms with Gasteiger partial charge in [0.25, 0.3) is 5.91 Å². The molecular weight excluding hydrogens is 385 g/mol. The summed E-state index contributed by atoms with van der Waals surface area (Å²) < 4.78 is 46.6. The minimum atomic E-state index is -4.40. The van der Waals surface area contributed by atoms with Crippen molar-refractivity contribution in [2.75, 3.05) is 37.8 Å². The van der Waals surface area contributed by atoms with Crippen LogP contribution in [0.5, 0.6) is 5.75 Å². The third-order valence-corrected chi connectivity index (χ3v) is 4.64. The van der Waals surface area contributed by atoms with Gasteiger partial charge >= 0.3 is 6.18 Å². The lowest BCUT2D eigenvalue weighted by Crippen LogP contribution is -2.36. The molecule has 1 N–H and O–H groups in total. The van der Waals surface area contributed by atoms with Gasteiger partial charge in [0.1, 0.15) is 5.75 Å². The lowest BCUT2D eigenvalue weighted by Gasteiger charge is -2.29. The molecule has 0 aliphatic carbocycles. The number of rotatable bonds is 6. The van der Waals surface area contributed by atoms with E-state index in [4.69, 9.17) is 4.74 Å². The Balaban J connectivity index is 1.55. The largest absolute Gasteiger partial charge is 0.484 e. The Bertz CT molecular complexity index is 801. The lowest BCUT2D eigenvalue weighted by atomic mass is 10.1. The van der Waals surface area contributed by atoms with Crippen LogP contribution < -0.4 is 15.0 Å². The van der Waals surface area contributed by atoms with E-state index in [1.54, 1.807) is 0 Å². The van der Waals surface area contributed by atoms with Gasteiger partial charge in [-0.1, -0.05) is 12.1 Å². The Morgan fingerprint density at radius 2 is 1.72 bits per heavy atom. The molecule has 1 aliphatic heterocycles. The maximum atomic E-state index is 12.4. The van der Waals surface area contributed by atoms with Gasteiger partial charge in [0.2, 0.25) is 0 Å². The van der Waals surface area contributed by atoms with Gasteiger partial charge in [-0.2, -0.15) is 13.2 Å². The summed E-state index contributed by atoms with van der Waals surface area (Å²) >= 11 is 0. The summed E-state index contributed by atoms with van der Waals surface area (Å²) in [6, 6.07) is 13.4. The number of carbonyl (C=O) groups is 1.